The summed E-state index contributed by atoms with van der Waals surface area (Å²) in [5, 5.41) is 0. The van der Waals surface area contributed by atoms with E-state index < -0.39 is 32.4 Å². The van der Waals surface area contributed by atoms with Gasteiger partial charge in [-0.2, -0.15) is 0 Å². The molecule has 1 unspecified atom stereocenters. The monoisotopic (exact) mass is 263 g/mol. The van der Waals surface area contributed by atoms with Gasteiger partial charge in [0.05, 0.1) is 5.75 Å². The third kappa shape index (κ3) is 3.74. The summed E-state index contributed by atoms with van der Waals surface area (Å²) < 4.78 is 49.6. The minimum Gasteiger partial charge on any atom is -0.327 e. The van der Waals surface area contributed by atoms with Crippen LogP contribution < -0.4 is 5.73 Å². The van der Waals surface area contributed by atoms with Crippen LogP contribution in [-0.2, 0) is 9.84 Å². The van der Waals surface area contributed by atoms with Crippen LogP contribution in [0.15, 0.2) is 23.1 Å². The highest BCUT2D eigenvalue weighted by atomic mass is 32.2. The Bertz CT molecular complexity index is 488. The molecule has 0 amide bonds. The summed E-state index contributed by atoms with van der Waals surface area (Å²) in [5.41, 5.74) is 5.61. The van der Waals surface area contributed by atoms with Crippen LogP contribution in [0, 0.1) is 11.6 Å². The summed E-state index contributed by atoms with van der Waals surface area (Å²) in [6.45, 7) is 1.88. The van der Waals surface area contributed by atoms with Gasteiger partial charge < -0.3 is 5.73 Å². The van der Waals surface area contributed by atoms with Crippen molar-refractivity contribution in [2.45, 2.75) is 30.7 Å². The molecule has 1 aromatic rings. The molecule has 17 heavy (non-hydrogen) atoms. The molecule has 0 saturated heterocycles. The van der Waals surface area contributed by atoms with E-state index in [1.165, 1.54) is 0 Å². The zero-order valence-corrected chi connectivity index (χ0v) is 10.3. The number of hydrogen-bond acceptors (Lipinski definition) is 3. The highest BCUT2D eigenvalue weighted by molar-refractivity contribution is 7.91. The van der Waals surface area contributed by atoms with Gasteiger partial charge in [0.2, 0.25) is 0 Å². The molecule has 1 atom stereocenters. The first kappa shape index (κ1) is 14.1. The van der Waals surface area contributed by atoms with Gasteiger partial charge in [-0.3, -0.25) is 0 Å². The van der Waals surface area contributed by atoms with Crippen LogP contribution in [0.3, 0.4) is 0 Å². The third-order valence-corrected chi connectivity index (χ3v) is 4.19. The molecule has 0 saturated carbocycles. The molecule has 0 spiro atoms. The molecular weight excluding hydrogens is 248 g/mol. The van der Waals surface area contributed by atoms with Crippen LogP contribution in [-0.4, -0.2) is 20.2 Å². The van der Waals surface area contributed by atoms with Crippen molar-refractivity contribution in [3.05, 3.63) is 29.8 Å². The van der Waals surface area contributed by atoms with Crippen molar-refractivity contribution in [2.75, 3.05) is 5.75 Å². The van der Waals surface area contributed by atoms with E-state index in [1.54, 1.807) is 0 Å². The van der Waals surface area contributed by atoms with Gasteiger partial charge >= 0.3 is 0 Å². The Morgan fingerprint density at radius 1 is 1.35 bits per heavy atom. The maximum Gasteiger partial charge on any atom is 0.182 e. The van der Waals surface area contributed by atoms with Crippen molar-refractivity contribution in [3.8, 4) is 0 Å². The number of halogens is 2. The lowest BCUT2D eigenvalue weighted by Crippen LogP contribution is -2.29. The summed E-state index contributed by atoms with van der Waals surface area (Å²) in [6, 6.07) is 1.87. The Balaban J connectivity index is 2.97. The van der Waals surface area contributed by atoms with E-state index >= 15 is 0 Å². The van der Waals surface area contributed by atoms with Crippen LogP contribution in [0.2, 0.25) is 0 Å². The standard InChI is InChI=1S/C11H15F2NO2S/c1-2-3-9(14)7-17(15,16)11-5-4-8(12)6-10(11)13/h4-6,9H,2-3,7,14H2,1H3. The quantitative estimate of drug-likeness (QED) is 0.825. The molecule has 0 radical (unpaired) electrons. The number of benzene rings is 1. The Kier molecular flexibility index (Phi) is 4.59. The average Bonchev–Trinajstić information content (AvgIpc) is 2.15. The predicted octanol–water partition coefficient (Wildman–Crippen LogP) is 1.87. The van der Waals surface area contributed by atoms with E-state index in [0.717, 1.165) is 18.6 Å². The number of sulfone groups is 1. The maximum absolute atomic E-state index is 13.3. The molecule has 3 nitrogen and oxygen atoms in total. The molecule has 6 heteroatoms. The average molecular weight is 263 g/mol. The molecule has 0 aliphatic carbocycles. The fourth-order valence-corrected chi connectivity index (χ4v) is 3.09. The molecule has 0 bridgehead atoms. The van der Waals surface area contributed by atoms with E-state index in [1.807, 2.05) is 6.92 Å². The SMILES string of the molecule is CCCC(N)CS(=O)(=O)c1ccc(F)cc1F. The lowest BCUT2D eigenvalue weighted by atomic mass is 10.2. The van der Waals surface area contributed by atoms with E-state index in [-0.39, 0.29) is 5.75 Å². The highest BCUT2D eigenvalue weighted by Crippen LogP contribution is 2.18. The fourth-order valence-electron chi connectivity index (χ4n) is 1.55. The molecule has 1 aromatic carbocycles. The van der Waals surface area contributed by atoms with Crippen LogP contribution in [0.1, 0.15) is 19.8 Å². The van der Waals surface area contributed by atoms with Crippen molar-refractivity contribution < 1.29 is 17.2 Å². The maximum atomic E-state index is 13.3. The normalized spacial score (nSPS) is 13.6. The molecule has 0 fully saturated rings. The summed E-state index contributed by atoms with van der Waals surface area (Å²) >= 11 is 0. The van der Waals surface area contributed by atoms with Crippen molar-refractivity contribution >= 4 is 9.84 Å². The summed E-state index contributed by atoms with van der Waals surface area (Å²) in [4.78, 5) is -0.495. The highest BCUT2D eigenvalue weighted by Gasteiger charge is 2.22. The number of nitrogens with two attached hydrogens (primary N) is 1. The smallest absolute Gasteiger partial charge is 0.182 e. The molecule has 0 aromatic heterocycles. The van der Waals surface area contributed by atoms with E-state index in [4.69, 9.17) is 5.73 Å². The van der Waals surface area contributed by atoms with Gasteiger partial charge in [-0.05, 0) is 18.6 Å². The van der Waals surface area contributed by atoms with Gasteiger partial charge in [-0.25, -0.2) is 17.2 Å². The Labute approximate surface area is 99.6 Å². The van der Waals surface area contributed by atoms with Crippen molar-refractivity contribution in [1.82, 2.24) is 0 Å². The molecule has 0 heterocycles. The Morgan fingerprint density at radius 3 is 2.53 bits per heavy atom. The number of hydrogen-bond donors (Lipinski definition) is 1. The second-order valence-electron chi connectivity index (χ2n) is 3.90. The second-order valence-corrected chi connectivity index (χ2v) is 5.91. The lowest BCUT2D eigenvalue weighted by molar-refractivity contribution is 0.543. The van der Waals surface area contributed by atoms with Crippen LogP contribution in [0.4, 0.5) is 8.78 Å². The zero-order valence-electron chi connectivity index (χ0n) is 9.49. The minimum atomic E-state index is -3.80. The molecule has 96 valence electrons. The third-order valence-electron chi connectivity index (χ3n) is 2.32. The zero-order chi connectivity index (χ0) is 13.1. The first-order chi connectivity index (χ1) is 7.86. The van der Waals surface area contributed by atoms with Gasteiger partial charge in [0.25, 0.3) is 0 Å². The lowest BCUT2D eigenvalue weighted by Gasteiger charge is -2.11. The van der Waals surface area contributed by atoms with E-state index in [2.05, 4.69) is 0 Å². The van der Waals surface area contributed by atoms with Gasteiger partial charge in [0, 0.05) is 12.1 Å². The molecular formula is C11H15F2NO2S. The van der Waals surface area contributed by atoms with Crippen LogP contribution in [0.5, 0.6) is 0 Å². The topological polar surface area (TPSA) is 60.2 Å². The van der Waals surface area contributed by atoms with Gasteiger partial charge in [0.1, 0.15) is 16.5 Å². The first-order valence-electron chi connectivity index (χ1n) is 5.30. The van der Waals surface area contributed by atoms with Gasteiger partial charge in [-0.1, -0.05) is 13.3 Å². The van der Waals surface area contributed by atoms with Gasteiger partial charge in [-0.15, -0.1) is 0 Å². The Morgan fingerprint density at radius 2 is 2.00 bits per heavy atom. The first-order valence-corrected chi connectivity index (χ1v) is 6.95. The molecule has 1 rings (SSSR count). The van der Waals surface area contributed by atoms with Crippen molar-refractivity contribution in [2.24, 2.45) is 5.73 Å². The van der Waals surface area contributed by atoms with Crippen LogP contribution >= 0.6 is 0 Å². The van der Waals surface area contributed by atoms with E-state index in [9.17, 15) is 17.2 Å². The predicted molar refractivity (Wildman–Crippen MR) is 61.3 cm³/mol. The second kappa shape index (κ2) is 5.55. The molecule has 0 aliphatic rings. The Hall–Kier alpha value is -1.01. The van der Waals surface area contributed by atoms with Crippen molar-refractivity contribution in [3.63, 3.8) is 0 Å². The minimum absolute atomic E-state index is 0.330. The number of rotatable bonds is 5. The van der Waals surface area contributed by atoms with Gasteiger partial charge in [0.15, 0.2) is 9.84 Å². The fraction of sp³-hybridized carbons (Fsp3) is 0.455. The summed E-state index contributed by atoms with van der Waals surface area (Å²) in [6.07, 6.45) is 1.30. The summed E-state index contributed by atoms with van der Waals surface area (Å²) in [5.74, 6) is -2.21. The van der Waals surface area contributed by atoms with Crippen LogP contribution in [0.25, 0.3) is 0 Å². The largest absolute Gasteiger partial charge is 0.327 e. The van der Waals surface area contributed by atoms with Crippen molar-refractivity contribution in [1.29, 1.82) is 0 Å². The van der Waals surface area contributed by atoms with E-state index in [0.29, 0.717) is 12.5 Å². The summed E-state index contributed by atoms with van der Waals surface area (Å²) in [7, 11) is -3.80. The molecule has 0 aliphatic heterocycles. The molecule has 2 N–H and O–H groups in total.